The quantitative estimate of drug-likeness (QED) is 0.904. The molecule has 1 atom stereocenters. The van der Waals surface area contributed by atoms with E-state index in [0.29, 0.717) is 5.56 Å². The summed E-state index contributed by atoms with van der Waals surface area (Å²) in [6.07, 6.45) is 2.78. The average Bonchev–Trinajstić information content (AvgIpc) is 2.84. The Kier molecular flexibility index (Phi) is 3.53. The molecule has 0 aliphatic heterocycles. The Hall–Kier alpha value is -1.74. The summed E-state index contributed by atoms with van der Waals surface area (Å²) in [4.78, 5) is 0. The minimum atomic E-state index is -0.734. The Morgan fingerprint density at radius 2 is 1.65 bits per heavy atom. The normalized spacial score (nSPS) is 15.2. The molecule has 3 rings (SSSR count). The van der Waals surface area contributed by atoms with Crippen molar-refractivity contribution in [1.29, 1.82) is 0 Å². The lowest BCUT2D eigenvalue weighted by Crippen LogP contribution is -2.03. The zero-order valence-electron chi connectivity index (χ0n) is 11.1. The molecule has 0 saturated heterocycles. The largest absolute Gasteiger partial charge is 0.388 e. The molecule has 0 heterocycles. The third-order valence-corrected chi connectivity index (χ3v) is 3.86. The highest BCUT2D eigenvalue weighted by Crippen LogP contribution is 2.27. The van der Waals surface area contributed by atoms with Crippen LogP contribution in [-0.4, -0.2) is 5.11 Å². The van der Waals surface area contributed by atoms with E-state index in [-0.39, 0.29) is 6.42 Å². The number of aliphatic hydroxyl groups is 1. The second-order valence-electron chi connectivity index (χ2n) is 5.38. The molecular weight excluding hydrogens is 258 g/mol. The topological polar surface area (TPSA) is 20.2 Å². The van der Waals surface area contributed by atoms with E-state index in [2.05, 4.69) is 0 Å². The van der Waals surface area contributed by atoms with Gasteiger partial charge in [-0.2, -0.15) is 0 Å². The Morgan fingerprint density at radius 1 is 0.950 bits per heavy atom. The molecule has 1 aliphatic rings. The first kappa shape index (κ1) is 13.3. The Labute approximate surface area is 116 Å². The molecule has 1 aliphatic carbocycles. The first-order valence-electron chi connectivity index (χ1n) is 6.86. The molecule has 2 aromatic rings. The lowest BCUT2D eigenvalue weighted by Gasteiger charge is -2.13. The molecule has 0 saturated carbocycles. The van der Waals surface area contributed by atoms with Crippen molar-refractivity contribution >= 4 is 0 Å². The minimum Gasteiger partial charge on any atom is -0.388 e. The van der Waals surface area contributed by atoms with Gasteiger partial charge in [0.15, 0.2) is 0 Å². The molecule has 2 aromatic carbocycles. The summed E-state index contributed by atoms with van der Waals surface area (Å²) in [5, 5.41) is 10.2. The predicted molar refractivity (Wildman–Crippen MR) is 73.5 cm³/mol. The van der Waals surface area contributed by atoms with Crippen molar-refractivity contribution in [3.05, 3.63) is 70.3 Å². The van der Waals surface area contributed by atoms with E-state index in [0.717, 1.165) is 30.9 Å². The van der Waals surface area contributed by atoms with Crippen LogP contribution in [0.3, 0.4) is 0 Å². The highest BCUT2D eigenvalue weighted by Gasteiger charge is 2.15. The smallest absolute Gasteiger partial charge is 0.126 e. The maximum atomic E-state index is 13.1. The van der Waals surface area contributed by atoms with Gasteiger partial charge in [-0.15, -0.1) is 0 Å². The maximum Gasteiger partial charge on any atom is 0.126 e. The van der Waals surface area contributed by atoms with Gasteiger partial charge >= 0.3 is 0 Å². The molecule has 20 heavy (non-hydrogen) atoms. The van der Waals surface area contributed by atoms with Crippen molar-refractivity contribution in [1.82, 2.24) is 0 Å². The number of halogens is 2. The van der Waals surface area contributed by atoms with Crippen LogP contribution in [0.1, 0.15) is 34.8 Å². The minimum absolute atomic E-state index is 0.216. The molecule has 0 fully saturated rings. The zero-order chi connectivity index (χ0) is 14.1. The summed E-state index contributed by atoms with van der Waals surface area (Å²) in [6.45, 7) is 0. The van der Waals surface area contributed by atoms with Gasteiger partial charge in [-0.25, -0.2) is 8.78 Å². The molecule has 104 valence electrons. The van der Waals surface area contributed by atoms with E-state index in [1.54, 1.807) is 0 Å². The van der Waals surface area contributed by atoms with Gasteiger partial charge in [-0.1, -0.05) is 18.2 Å². The van der Waals surface area contributed by atoms with Gasteiger partial charge in [0.05, 0.1) is 6.10 Å². The number of rotatable bonds is 3. The van der Waals surface area contributed by atoms with Crippen molar-refractivity contribution in [3.63, 3.8) is 0 Å². The second kappa shape index (κ2) is 5.33. The number of hydrogen-bond acceptors (Lipinski definition) is 1. The van der Waals surface area contributed by atoms with Crippen LogP contribution in [-0.2, 0) is 19.3 Å². The summed E-state index contributed by atoms with van der Waals surface area (Å²) < 4.78 is 26.3. The van der Waals surface area contributed by atoms with E-state index in [9.17, 15) is 13.9 Å². The predicted octanol–water partition coefficient (Wildman–Crippen LogP) is 3.73. The number of benzene rings is 2. The standard InChI is InChI=1S/C17H16F2O/c18-15-6-11(7-16(19)10-15)8-17(20)14-5-4-12-2-1-3-13(12)9-14/h4-7,9-10,17,20H,1-3,8H2. The fourth-order valence-electron chi connectivity index (χ4n) is 2.87. The van der Waals surface area contributed by atoms with E-state index in [1.165, 1.54) is 23.3 Å². The van der Waals surface area contributed by atoms with Crippen molar-refractivity contribution in [2.45, 2.75) is 31.8 Å². The number of fused-ring (bicyclic) bond motifs is 1. The summed E-state index contributed by atoms with van der Waals surface area (Å²) in [7, 11) is 0. The second-order valence-corrected chi connectivity index (χ2v) is 5.38. The van der Waals surface area contributed by atoms with Gasteiger partial charge in [-0.05, 0) is 53.6 Å². The Bertz CT molecular complexity index is 617. The van der Waals surface area contributed by atoms with Crippen molar-refractivity contribution in [2.75, 3.05) is 0 Å². The highest BCUT2D eigenvalue weighted by molar-refractivity contribution is 5.36. The third-order valence-electron chi connectivity index (χ3n) is 3.86. The monoisotopic (exact) mass is 274 g/mol. The van der Waals surface area contributed by atoms with Gasteiger partial charge in [0.25, 0.3) is 0 Å². The fourth-order valence-corrected chi connectivity index (χ4v) is 2.87. The summed E-state index contributed by atoms with van der Waals surface area (Å²) in [5.41, 5.74) is 3.91. The molecule has 3 heteroatoms. The number of aliphatic hydroxyl groups excluding tert-OH is 1. The van der Waals surface area contributed by atoms with Gasteiger partial charge in [0, 0.05) is 12.5 Å². The van der Waals surface area contributed by atoms with Crippen LogP contribution in [0.2, 0.25) is 0 Å². The third kappa shape index (κ3) is 2.73. The lowest BCUT2D eigenvalue weighted by molar-refractivity contribution is 0.178. The molecule has 0 radical (unpaired) electrons. The molecule has 0 spiro atoms. The van der Waals surface area contributed by atoms with Crippen LogP contribution in [0, 0.1) is 11.6 Å². The van der Waals surface area contributed by atoms with Crippen LogP contribution in [0.4, 0.5) is 8.78 Å². The fraction of sp³-hybridized carbons (Fsp3) is 0.294. The Morgan fingerprint density at radius 3 is 2.40 bits per heavy atom. The van der Waals surface area contributed by atoms with Crippen LogP contribution in [0.15, 0.2) is 36.4 Å². The first-order chi connectivity index (χ1) is 9.61. The molecule has 1 unspecified atom stereocenters. The summed E-state index contributed by atoms with van der Waals surface area (Å²) in [5.74, 6) is -1.22. The molecule has 1 N–H and O–H groups in total. The summed E-state index contributed by atoms with van der Waals surface area (Å²) in [6, 6.07) is 9.34. The molecular formula is C17H16F2O. The van der Waals surface area contributed by atoms with Gasteiger partial charge in [0.1, 0.15) is 11.6 Å². The van der Waals surface area contributed by atoms with Gasteiger partial charge < -0.3 is 5.11 Å². The average molecular weight is 274 g/mol. The van der Waals surface area contributed by atoms with Crippen LogP contribution >= 0.6 is 0 Å². The van der Waals surface area contributed by atoms with Crippen molar-refractivity contribution in [2.24, 2.45) is 0 Å². The Balaban J connectivity index is 1.80. The van der Waals surface area contributed by atoms with Crippen LogP contribution in [0.5, 0.6) is 0 Å². The van der Waals surface area contributed by atoms with Gasteiger partial charge in [-0.3, -0.25) is 0 Å². The zero-order valence-corrected chi connectivity index (χ0v) is 11.1. The highest BCUT2D eigenvalue weighted by atomic mass is 19.1. The van der Waals surface area contributed by atoms with E-state index >= 15 is 0 Å². The van der Waals surface area contributed by atoms with Crippen LogP contribution in [0.25, 0.3) is 0 Å². The summed E-state index contributed by atoms with van der Waals surface area (Å²) >= 11 is 0. The van der Waals surface area contributed by atoms with Gasteiger partial charge in [0.2, 0.25) is 0 Å². The van der Waals surface area contributed by atoms with E-state index in [1.807, 2.05) is 18.2 Å². The molecule has 0 amide bonds. The maximum absolute atomic E-state index is 13.1. The first-order valence-corrected chi connectivity index (χ1v) is 6.86. The van der Waals surface area contributed by atoms with Crippen LogP contribution < -0.4 is 0 Å². The molecule has 0 aromatic heterocycles. The van der Waals surface area contributed by atoms with Crippen molar-refractivity contribution < 1.29 is 13.9 Å². The van der Waals surface area contributed by atoms with E-state index < -0.39 is 17.7 Å². The van der Waals surface area contributed by atoms with E-state index in [4.69, 9.17) is 0 Å². The van der Waals surface area contributed by atoms with Crippen molar-refractivity contribution in [3.8, 4) is 0 Å². The molecule has 1 nitrogen and oxygen atoms in total. The molecule has 0 bridgehead atoms. The number of hydrogen-bond donors (Lipinski definition) is 1. The SMILES string of the molecule is OC(Cc1cc(F)cc(F)c1)c1ccc2c(c1)CCC2. The lowest BCUT2D eigenvalue weighted by atomic mass is 9.98. The number of aryl methyl sites for hydroxylation is 2.